The number of rotatable bonds is 1. The average Bonchev–Trinajstić information content (AvgIpc) is 2.54. The van der Waals surface area contributed by atoms with Gasteiger partial charge in [-0.15, -0.1) is 0 Å². The summed E-state index contributed by atoms with van der Waals surface area (Å²) in [4.78, 5) is 25.2. The Morgan fingerprint density at radius 2 is 1.94 bits per heavy atom. The van der Waals surface area contributed by atoms with E-state index in [2.05, 4.69) is 0 Å². The van der Waals surface area contributed by atoms with Gasteiger partial charge >= 0.3 is 0 Å². The van der Waals surface area contributed by atoms with Crippen LogP contribution in [-0.4, -0.2) is 29.7 Å². The maximum Gasteiger partial charge on any atom is 0.255 e. The van der Waals surface area contributed by atoms with Crippen LogP contribution in [0.4, 0.5) is 0 Å². The van der Waals surface area contributed by atoms with Crippen LogP contribution < -0.4 is 0 Å². The van der Waals surface area contributed by atoms with E-state index in [1.165, 1.54) is 0 Å². The highest BCUT2D eigenvalue weighted by molar-refractivity contribution is 6.33. The number of carbonyl (C=O) groups is 2. The molecule has 1 heterocycles. The molecule has 3 nitrogen and oxygen atoms in total. The molecule has 1 aromatic carbocycles. The van der Waals surface area contributed by atoms with E-state index in [0.717, 1.165) is 6.42 Å². The summed E-state index contributed by atoms with van der Waals surface area (Å²) in [7, 11) is 0. The summed E-state index contributed by atoms with van der Waals surface area (Å²) in [5.41, 5.74) is 0.517. The minimum Gasteiger partial charge on any atom is -0.338 e. The normalized spacial score (nSPS) is 16.8. The third-order valence-corrected chi connectivity index (χ3v) is 3.27. The first-order valence-corrected chi connectivity index (χ1v) is 6.12. The molecule has 1 aliphatic rings. The van der Waals surface area contributed by atoms with Gasteiger partial charge in [-0.05, 0) is 18.6 Å². The monoisotopic (exact) mass is 251 g/mol. The van der Waals surface area contributed by atoms with Crippen LogP contribution in [0.3, 0.4) is 0 Å². The predicted octanol–water partition coefficient (Wildman–Crippen LogP) is 2.54. The number of Topliss-reactive ketones (excluding diaryl/α,β-unsaturated/α-hetero) is 1. The van der Waals surface area contributed by atoms with Gasteiger partial charge in [-0.3, -0.25) is 9.59 Å². The lowest BCUT2D eigenvalue weighted by Crippen LogP contribution is -2.32. The molecular formula is C13H14ClNO2. The van der Waals surface area contributed by atoms with E-state index in [4.69, 9.17) is 11.6 Å². The number of ketones is 1. The molecule has 1 fully saturated rings. The zero-order valence-corrected chi connectivity index (χ0v) is 10.2. The third kappa shape index (κ3) is 2.86. The van der Waals surface area contributed by atoms with Crippen molar-refractivity contribution >= 4 is 23.3 Å². The fourth-order valence-corrected chi connectivity index (χ4v) is 2.19. The Bertz CT molecular complexity index is 445. The minimum absolute atomic E-state index is 0.0784. The number of halogens is 1. The van der Waals surface area contributed by atoms with E-state index < -0.39 is 0 Å². The Hall–Kier alpha value is -1.35. The topological polar surface area (TPSA) is 37.4 Å². The van der Waals surface area contributed by atoms with Crippen LogP contribution in [0.1, 0.15) is 29.6 Å². The van der Waals surface area contributed by atoms with Gasteiger partial charge in [0.2, 0.25) is 0 Å². The Morgan fingerprint density at radius 3 is 2.71 bits per heavy atom. The van der Waals surface area contributed by atoms with Crippen molar-refractivity contribution in [1.29, 1.82) is 0 Å². The van der Waals surface area contributed by atoms with Gasteiger partial charge in [-0.1, -0.05) is 23.7 Å². The summed E-state index contributed by atoms with van der Waals surface area (Å²) in [5.74, 6) is 0.157. The van der Waals surface area contributed by atoms with E-state index in [0.29, 0.717) is 36.5 Å². The first-order valence-electron chi connectivity index (χ1n) is 5.74. The first kappa shape index (κ1) is 12.1. The van der Waals surface area contributed by atoms with Crippen LogP contribution in [0.5, 0.6) is 0 Å². The highest BCUT2D eigenvalue weighted by atomic mass is 35.5. The van der Waals surface area contributed by atoms with Gasteiger partial charge in [0.1, 0.15) is 5.78 Å². The molecule has 4 heteroatoms. The van der Waals surface area contributed by atoms with Gasteiger partial charge in [0.25, 0.3) is 5.91 Å². The van der Waals surface area contributed by atoms with Crippen LogP contribution in [-0.2, 0) is 4.79 Å². The molecule has 2 rings (SSSR count). The Balaban J connectivity index is 2.14. The van der Waals surface area contributed by atoms with E-state index in [1.807, 2.05) is 0 Å². The molecule has 1 amide bonds. The van der Waals surface area contributed by atoms with Crippen molar-refractivity contribution in [3.63, 3.8) is 0 Å². The van der Waals surface area contributed by atoms with Crippen molar-refractivity contribution in [3.05, 3.63) is 34.9 Å². The number of benzene rings is 1. The van der Waals surface area contributed by atoms with Gasteiger partial charge < -0.3 is 4.90 Å². The van der Waals surface area contributed by atoms with Crippen LogP contribution in [0.15, 0.2) is 24.3 Å². The lowest BCUT2D eigenvalue weighted by molar-refractivity contribution is -0.118. The number of carbonyl (C=O) groups excluding carboxylic acids is 2. The number of likely N-dealkylation sites (tertiary alicyclic amines) is 1. The van der Waals surface area contributed by atoms with Crippen molar-refractivity contribution in [3.8, 4) is 0 Å². The average molecular weight is 252 g/mol. The molecule has 17 heavy (non-hydrogen) atoms. The van der Waals surface area contributed by atoms with Gasteiger partial charge in [0.15, 0.2) is 0 Å². The molecule has 0 aromatic heterocycles. The van der Waals surface area contributed by atoms with Crippen molar-refractivity contribution in [2.45, 2.75) is 19.3 Å². The molecular weight excluding hydrogens is 238 g/mol. The van der Waals surface area contributed by atoms with Crippen LogP contribution in [0, 0.1) is 0 Å². The molecule has 0 spiro atoms. The number of hydrogen-bond donors (Lipinski definition) is 0. The molecule has 0 radical (unpaired) electrons. The number of amides is 1. The summed E-state index contributed by atoms with van der Waals surface area (Å²) >= 11 is 5.99. The second-order valence-electron chi connectivity index (χ2n) is 4.16. The van der Waals surface area contributed by atoms with E-state index >= 15 is 0 Å². The lowest BCUT2D eigenvalue weighted by Gasteiger charge is -2.20. The fourth-order valence-electron chi connectivity index (χ4n) is 1.97. The molecule has 0 bridgehead atoms. The quantitative estimate of drug-likeness (QED) is 0.769. The Morgan fingerprint density at radius 1 is 1.18 bits per heavy atom. The maximum absolute atomic E-state index is 12.2. The molecule has 1 saturated heterocycles. The van der Waals surface area contributed by atoms with Gasteiger partial charge in [-0.2, -0.15) is 0 Å². The Labute approximate surface area is 105 Å². The fraction of sp³-hybridized carbons (Fsp3) is 0.385. The third-order valence-electron chi connectivity index (χ3n) is 2.94. The lowest BCUT2D eigenvalue weighted by atomic mass is 10.2. The Kier molecular flexibility index (Phi) is 3.79. The second-order valence-corrected chi connectivity index (χ2v) is 4.57. The molecule has 0 N–H and O–H groups in total. The summed E-state index contributed by atoms with van der Waals surface area (Å²) < 4.78 is 0. The minimum atomic E-state index is -0.0784. The predicted molar refractivity (Wildman–Crippen MR) is 66.2 cm³/mol. The summed E-state index contributed by atoms with van der Waals surface area (Å²) in [6.45, 7) is 1.14. The summed E-state index contributed by atoms with van der Waals surface area (Å²) in [5, 5.41) is 0.466. The van der Waals surface area contributed by atoms with Crippen LogP contribution in [0.25, 0.3) is 0 Å². The maximum atomic E-state index is 12.2. The van der Waals surface area contributed by atoms with Crippen LogP contribution >= 0.6 is 11.6 Å². The highest BCUT2D eigenvalue weighted by Crippen LogP contribution is 2.18. The van der Waals surface area contributed by atoms with E-state index in [-0.39, 0.29) is 11.7 Å². The zero-order chi connectivity index (χ0) is 12.3. The SMILES string of the molecule is O=C1CCCN(C(=O)c2ccccc2Cl)CC1. The number of hydrogen-bond acceptors (Lipinski definition) is 2. The second kappa shape index (κ2) is 5.32. The molecule has 0 atom stereocenters. The van der Waals surface area contributed by atoms with Crippen molar-refractivity contribution in [2.24, 2.45) is 0 Å². The molecule has 1 aromatic rings. The van der Waals surface area contributed by atoms with Crippen molar-refractivity contribution < 1.29 is 9.59 Å². The number of nitrogens with zero attached hydrogens (tertiary/aromatic N) is 1. The van der Waals surface area contributed by atoms with Crippen molar-refractivity contribution in [1.82, 2.24) is 4.90 Å². The smallest absolute Gasteiger partial charge is 0.255 e. The van der Waals surface area contributed by atoms with Gasteiger partial charge in [0.05, 0.1) is 10.6 Å². The summed E-state index contributed by atoms with van der Waals surface area (Å²) in [6.07, 6.45) is 1.78. The highest BCUT2D eigenvalue weighted by Gasteiger charge is 2.21. The van der Waals surface area contributed by atoms with Crippen LogP contribution in [0.2, 0.25) is 5.02 Å². The largest absolute Gasteiger partial charge is 0.338 e. The summed E-state index contributed by atoms with van der Waals surface area (Å²) in [6, 6.07) is 7.02. The standard InChI is InChI=1S/C13H14ClNO2/c14-12-6-2-1-5-11(12)13(17)15-8-3-4-10(16)7-9-15/h1-2,5-6H,3-4,7-9H2. The first-order chi connectivity index (χ1) is 8.18. The molecule has 0 aliphatic carbocycles. The zero-order valence-electron chi connectivity index (χ0n) is 9.49. The van der Waals surface area contributed by atoms with Gasteiger partial charge in [-0.25, -0.2) is 0 Å². The molecule has 0 saturated carbocycles. The molecule has 1 aliphatic heterocycles. The molecule has 90 valence electrons. The van der Waals surface area contributed by atoms with Gasteiger partial charge in [0, 0.05) is 25.9 Å². The van der Waals surface area contributed by atoms with E-state index in [9.17, 15) is 9.59 Å². The van der Waals surface area contributed by atoms with Crippen molar-refractivity contribution in [2.75, 3.05) is 13.1 Å². The van der Waals surface area contributed by atoms with E-state index in [1.54, 1.807) is 29.2 Å². The molecule has 0 unspecified atom stereocenters.